The van der Waals surface area contributed by atoms with E-state index in [-0.39, 0.29) is 0 Å². The molecule has 0 spiro atoms. The predicted octanol–water partition coefficient (Wildman–Crippen LogP) is 5.02. The largest absolute Gasteiger partial charge is 0.494 e. The molecular formula is C13H8BrCl2NO3S. The summed E-state index contributed by atoms with van der Waals surface area (Å²) in [5.41, 5.74) is 0.890. The summed E-state index contributed by atoms with van der Waals surface area (Å²) >= 11 is 16.4. The first-order valence-corrected chi connectivity index (χ1v) is 7.96. The zero-order chi connectivity index (χ0) is 15.4. The van der Waals surface area contributed by atoms with Crippen LogP contribution in [0.25, 0.3) is 0 Å². The molecule has 0 N–H and O–H groups in total. The summed E-state index contributed by atoms with van der Waals surface area (Å²) in [6, 6.07) is 4.91. The molecule has 1 aromatic heterocycles. The zero-order valence-electron chi connectivity index (χ0n) is 10.6. The van der Waals surface area contributed by atoms with Gasteiger partial charge in [-0.3, -0.25) is 0 Å². The number of halogens is 3. The molecule has 0 aliphatic carbocycles. The number of thiophene rings is 1. The van der Waals surface area contributed by atoms with Crippen LogP contribution in [0.3, 0.4) is 0 Å². The number of nitrogens with zero attached hydrogens (tertiary/aromatic N) is 1. The van der Waals surface area contributed by atoms with Gasteiger partial charge in [0.05, 0.1) is 18.3 Å². The summed E-state index contributed by atoms with van der Waals surface area (Å²) in [5.74, 6) is -0.195. The SMILES string of the molecule is COc1c(C(=O)O/N=C/c2ccc(Cl)cc2Cl)csc1Br. The molecule has 8 heteroatoms. The minimum Gasteiger partial charge on any atom is -0.494 e. The lowest BCUT2D eigenvalue weighted by atomic mass is 10.2. The van der Waals surface area contributed by atoms with Crippen LogP contribution in [0.5, 0.6) is 5.75 Å². The fourth-order valence-corrected chi connectivity index (χ4v) is 3.28. The zero-order valence-corrected chi connectivity index (χ0v) is 14.5. The van der Waals surface area contributed by atoms with E-state index in [1.807, 2.05) is 0 Å². The highest BCUT2D eigenvalue weighted by Crippen LogP contribution is 2.35. The smallest absolute Gasteiger partial charge is 0.370 e. The molecular weight excluding hydrogens is 401 g/mol. The normalized spacial score (nSPS) is 10.9. The van der Waals surface area contributed by atoms with Gasteiger partial charge < -0.3 is 9.57 Å². The standard InChI is InChI=1S/C13H8BrCl2NO3S/c1-19-11-9(6-21-12(11)14)13(18)20-17-5-7-2-3-8(15)4-10(7)16/h2-6H,1H3/b17-5+. The molecule has 2 aromatic rings. The Morgan fingerprint density at radius 1 is 1.43 bits per heavy atom. The molecule has 0 atom stereocenters. The molecule has 0 fully saturated rings. The second-order valence-corrected chi connectivity index (χ2v) is 6.78. The van der Waals surface area contributed by atoms with Crippen molar-refractivity contribution in [2.45, 2.75) is 0 Å². The molecule has 0 amide bonds. The number of hydrogen-bond acceptors (Lipinski definition) is 5. The molecule has 0 unspecified atom stereocenters. The van der Waals surface area contributed by atoms with Crippen molar-refractivity contribution in [3.8, 4) is 5.75 Å². The van der Waals surface area contributed by atoms with Crippen LogP contribution in [-0.4, -0.2) is 19.3 Å². The number of rotatable bonds is 4. The van der Waals surface area contributed by atoms with Gasteiger partial charge >= 0.3 is 5.97 Å². The van der Waals surface area contributed by atoms with Gasteiger partial charge in [-0.1, -0.05) is 34.4 Å². The van der Waals surface area contributed by atoms with Crippen molar-refractivity contribution in [2.75, 3.05) is 7.11 Å². The van der Waals surface area contributed by atoms with Crippen molar-refractivity contribution in [1.82, 2.24) is 0 Å². The Labute approximate surface area is 143 Å². The van der Waals surface area contributed by atoms with E-state index >= 15 is 0 Å². The quantitative estimate of drug-likeness (QED) is 0.405. The Bertz CT molecular complexity index is 703. The third kappa shape index (κ3) is 3.97. The molecule has 0 radical (unpaired) electrons. The average molecular weight is 409 g/mol. The Morgan fingerprint density at radius 2 is 2.19 bits per heavy atom. The second kappa shape index (κ2) is 7.26. The maximum absolute atomic E-state index is 11.9. The van der Waals surface area contributed by atoms with Crippen LogP contribution in [0, 0.1) is 0 Å². The van der Waals surface area contributed by atoms with E-state index in [1.54, 1.807) is 23.6 Å². The highest BCUT2D eigenvalue weighted by Gasteiger charge is 2.18. The molecule has 1 aromatic carbocycles. The van der Waals surface area contributed by atoms with Crippen LogP contribution in [0.2, 0.25) is 10.0 Å². The van der Waals surface area contributed by atoms with Crippen LogP contribution >= 0.6 is 50.5 Å². The first-order chi connectivity index (χ1) is 10.0. The van der Waals surface area contributed by atoms with Gasteiger partial charge in [0.25, 0.3) is 0 Å². The Kier molecular flexibility index (Phi) is 5.64. The lowest BCUT2D eigenvalue weighted by Crippen LogP contribution is -2.02. The van der Waals surface area contributed by atoms with Crippen molar-refractivity contribution in [3.63, 3.8) is 0 Å². The van der Waals surface area contributed by atoms with Crippen LogP contribution < -0.4 is 4.74 Å². The number of benzene rings is 1. The molecule has 4 nitrogen and oxygen atoms in total. The summed E-state index contributed by atoms with van der Waals surface area (Å²) in [4.78, 5) is 16.7. The topological polar surface area (TPSA) is 47.9 Å². The Hall–Kier alpha value is -1.08. The molecule has 0 bridgehead atoms. The summed E-state index contributed by atoms with van der Waals surface area (Å²) < 4.78 is 5.82. The monoisotopic (exact) mass is 407 g/mol. The van der Waals surface area contributed by atoms with Crippen molar-refractivity contribution in [2.24, 2.45) is 5.16 Å². The molecule has 0 saturated heterocycles. The molecule has 0 aliphatic heterocycles. The van der Waals surface area contributed by atoms with E-state index in [9.17, 15) is 4.79 Å². The van der Waals surface area contributed by atoms with Crippen molar-refractivity contribution < 1.29 is 14.4 Å². The van der Waals surface area contributed by atoms with Crippen molar-refractivity contribution >= 4 is 62.7 Å². The van der Waals surface area contributed by atoms with Crippen LogP contribution in [0.4, 0.5) is 0 Å². The van der Waals surface area contributed by atoms with E-state index in [1.165, 1.54) is 24.7 Å². The lowest BCUT2D eigenvalue weighted by Gasteiger charge is -2.01. The van der Waals surface area contributed by atoms with Crippen molar-refractivity contribution in [1.29, 1.82) is 0 Å². The molecule has 110 valence electrons. The highest BCUT2D eigenvalue weighted by molar-refractivity contribution is 9.11. The van der Waals surface area contributed by atoms with Gasteiger partial charge in [-0.05, 0) is 28.1 Å². The number of carbonyl (C=O) groups is 1. The van der Waals surface area contributed by atoms with E-state index < -0.39 is 5.97 Å². The summed E-state index contributed by atoms with van der Waals surface area (Å²) in [6.07, 6.45) is 1.34. The van der Waals surface area contributed by atoms with E-state index in [4.69, 9.17) is 32.8 Å². The Balaban J connectivity index is 2.08. The van der Waals surface area contributed by atoms with E-state index in [0.29, 0.717) is 30.7 Å². The molecule has 0 aliphatic rings. The predicted molar refractivity (Wildman–Crippen MR) is 88.0 cm³/mol. The van der Waals surface area contributed by atoms with E-state index in [2.05, 4.69) is 21.1 Å². The fraction of sp³-hybridized carbons (Fsp3) is 0.0769. The summed E-state index contributed by atoms with van der Waals surface area (Å²) in [7, 11) is 1.47. The summed E-state index contributed by atoms with van der Waals surface area (Å²) in [5, 5.41) is 6.18. The van der Waals surface area contributed by atoms with E-state index in [0.717, 1.165) is 0 Å². The van der Waals surface area contributed by atoms with Gasteiger partial charge in [-0.2, -0.15) is 0 Å². The molecule has 21 heavy (non-hydrogen) atoms. The number of hydrogen-bond donors (Lipinski definition) is 0. The first kappa shape index (κ1) is 16.3. The van der Waals surface area contributed by atoms with Gasteiger partial charge in [0.2, 0.25) is 0 Å². The third-order valence-electron chi connectivity index (χ3n) is 2.42. The highest BCUT2D eigenvalue weighted by atomic mass is 79.9. The number of methoxy groups -OCH3 is 1. The van der Waals surface area contributed by atoms with Crippen LogP contribution in [0.15, 0.2) is 32.5 Å². The minimum atomic E-state index is -0.616. The molecule has 0 saturated carbocycles. The van der Waals surface area contributed by atoms with Gasteiger partial charge in [0, 0.05) is 16.0 Å². The molecule has 2 rings (SSSR count). The van der Waals surface area contributed by atoms with Crippen LogP contribution in [-0.2, 0) is 4.84 Å². The Morgan fingerprint density at radius 3 is 2.86 bits per heavy atom. The number of carbonyl (C=O) groups excluding carboxylic acids is 1. The fourth-order valence-electron chi connectivity index (χ4n) is 1.44. The third-order valence-corrected chi connectivity index (χ3v) is 4.65. The van der Waals surface area contributed by atoms with Gasteiger partial charge in [-0.25, -0.2) is 4.79 Å². The first-order valence-electron chi connectivity index (χ1n) is 5.53. The second-order valence-electron chi connectivity index (χ2n) is 3.74. The van der Waals surface area contributed by atoms with Gasteiger partial charge in [0.15, 0.2) is 5.75 Å². The summed E-state index contributed by atoms with van der Waals surface area (Å²) in [6.45, 7) is 0. The maximum Gasteiger partial charge on any atom is 0.370 e. The maximum atomic E-state index is 11.9. The van der Waals surface area contributed by atoms with Gasteiger partial charge in [0.1, 0.15) is 9.35 Å². The molecule has 1 heterocycles. The average Bonchev–Trinajstić information content (AvgIpc) is 2.82. The number of oxime groups is 1. The van der Waals surface area contributed by atoms with Gasteiger partial charge in [-0.15, -0.1) is 11.3 Å². The lowest BCUT2D eigenvalue weighted by molar-refractivity contribution is 0.0516. The minimum absolute atomic E-state index is 0.300. The van der Waals surface area contributed by atoms with Crippen molar-refractivity contribution in [3.05, 3.63) is 48.5 Å². The number of ether oxygens (including phenoxy) is 1. The van der Waals surface area contributed by atoms with Crippen LogP contribution in [0.1, 0.15) is 15.9 Å².